The molecule has 3 aliphatic heterocycles. The van der Waals surface area contributed by atoms with Crippen molar-refractivity contribution in [1.82, 2.24) is 4.98 Å². The molecule has 17 heavy (non-hydrogen) atoms. The maximum Gasteiger partial charge on any atom is 0.128 e. The number of hydrogen-bond donors (Lipinski definition) is 0. The van der Waals surface area contributed by atoms with Crippen molar-refractivity contribution < 1.29 is 4.74 Å². The first-order valence-corrected chi connectivity index (χ1v) is 6.39. The third kappa shape index (κ3) is 2.04. The zero-order chi connectivity index (χ0) is 12.0. The van der Waals surface area contributed by atoms with Crippen LogP contribution >= 0.6 is 0 Å². The highest BCUT2D eigenvalue weighted by atomic mass is 16.5. The fourth-order valence-electron chi connectivity index (χ4n) is 2.56. The number of fused-ring (bicyclic) bond motifs is 2. The molecule has 92 valence electrons. The standard InChI is InChI=1S/C14H20N2O/c1-14(2,3)10-4-5-13(15-7-10)16-8-11-6-12(9-16)17-11/h4-5,7,11-12H,6,8-9H2,1-3H3. The van der Waals surface area contributed by atoms with Crippen LogP contribution in [0.1, 0.15) is 32.8 Å². The number of piperidine rings is 1. The lowest BCUT2D eigenvalue weighted by Gasteiger charge is -2.47. The Labute approximate surface area is 103 Å². The van der Waals surface area contributed by atoms with Gasteiger partial charge in [-0.1, -0.05) is 26.8 Å². The van der Waals surface area contributed by atoms with Crippen LogP contribution < -0.4 is 4.90 Å². The van der Waals surface area contributed by atoms with Crippen LogP contribution in [0.25, 0.3) is 0 Å². The molecule has 0 N–H and O–H groups in total. The first-order chi connectivity index (χ1) is 8.02. The van der Waals surface area contributed by atoms with E-state index in [-0.39, 0.29) is 5.41 Å². The molecule has 0 saturated carbocycles. The summed E-state index contributed by atoms with van der Waals surface area (Å²) in [5.41, 5.74) is 1.47. The molecule has 0 spiro atoms. The third-order valence-corrected chi connectivity index (χ3v) is 3.70. The monoisotopic (exact) mass is 232 g/mol. The number of aromatic nitrogens is 1. The summed E-state index contributed by atoms with van der Waals surface area (Å²) in [7, 11) is 0. The predicted octanol–water partition coefficient (Wildman–Crippen LogP) is 2.36. The number of morpholine rings is 1. The van der Waals surface area contributed by atoms with E-state index in [0.717, 1.165) is 18.9 Å². The molecule has 2 unspecified atom stereocenters. The van der Waals surface area contributed by atoms with Crippen LogP contribution in [0.2, 0.25) is 0 Å². The van der Waals surface area contributed by atoms with E-state index in [9.17, 15) is 0 Å². The first-order valence-electron chi connectivity index (χ1n) is 6.39. The lowest BCUT2D eigenvalue weighted by molar-refractivity contribution is -0.133. The lowest BCUT2D eigenvalue weighted by atomic mass is 9.88. The summed E-state index contributed by atoms with van der Waals surface area (Å²) in [6, 6.07) is 4.34. The van der Waals surface area contributed by atoms with Gasteiger partial charge in [-0.05, 0) is 17.0 Å². The molecular formula is C14H20N2O. The Kier molecular flexibility index (Phi) is 2.40. The summed E-state index contributed by atoms with van der Waals surface area (Å²) in [6.07, 6.45) is 4.13. The zero-order valence-corrected chi connectivity index (χ0v) is 10.8. The van der Waals surface area contributed by atoms with Crippen LogP contribution in [0.15, 0.2) is 18.3 Å². The van der Waals surface area contributed by atoms with Crippen LogP contribution in [0.4, 0.5) is 5.82 Å². The molecule has 3 saturated heterocycles. The van der Waals surface area contributed by atoms with Gasteiger partial charge in [0.1, 0.15) is 5.82 Å². The van der Waals surface area contributed by atoms with E-state index in [1.807, 2.05) is 6.20 Å². The molecule has 0 aromatic carbocycles. The smallest absolute Gasteiger partial charge is 0.128 e. The Morgan fingerprint density at radius 3 is 2.35 bits per heavy atom. The first kappa shape index (κ1) is 11.0. The van der Waals surface area contributed by atoms with Crippen molar-refractivity contribution in [2.45, 2.75) is 44.8 Å². The molecule has 3 nitrogen and oxygen atoms in total. The van der Waals surface area contributed by atoms with Gasteiger partial charge < -0.3 is 9.64 Å². The Balaban J connectivity index is 1.76. The minimum absolute atomic E-state index is 0.179. The topological polar surface area (TPSA) is 25.4 Å². The Morgan fingerprint density at radius 1 is 1.24 bits per heavy atom. The van der Waals surface area contributed by atoms with Gasteiger partial charge in [0.25, 0.3) is 0 Å². The highest BCUT2D eigenvalue weighted by Gasteiger charge is 2.38. The van der Waals surface area contributed by atoms with Gasteiger partial charge in [-0.2, -0.15) is 0 Å². The molecule has 1 aromatic rings. The van der Waals surface area contributed by atoms with Gasteiger partial charge in [0.15, 0.2) is 0 Å². The third-order valence-electron chi connectivity index (χ3n) is 3.70. The van der Waals surface area contributed by atoms with Crippen LogP contribution in [0.3, 0.4) is 0 Å². The SMILES string of the molecule is CC(C)(C)c1ccc(N2CC3CC(C2)O3)nc1. The second kappa shape index (κ2) is 3.70. The number of nitrogens with zero attached hydrogens (tertiary/aromatic N) is 2. The van der Waals surface area contributed by atoms with E-state index in [4.69, 9.17) is 4.74 Å². The van der Waals surface area contributed by atoms with Crippen molar-refractivity contribution in [1.29, 1.82) is 0 Å². The normalized spacial score (nSPS) is 27.8. The fraction of sp³-hybridized carbons (Fsp3) is 0.643. The molecule has 0 amide bonds. The average molecular weight is 232 g/mol. The number of ether oxygens (including phenoxy) is 1. The van der Waals surface area contributed by atoms with Gasteiger partial charge in [0.05, 0.1) is 12.2 Å². The summed E-state index contributed by atoms with van der Waals surface area (Å²) in [4.78, 5) is 6.94. The molecule has 3 heteroatoms. The van der Waals surface area contributed by atoms with Crippen molar-refractivity contribution in [3.8, 4) is 0 Å². The summed E-state index contributed by atoms with van der Waals surface area (Å²) in [6.45, 7) is 8.64. The van der Waals surface area contributed by atoms with Gasteiger partial charge in [-0.3, -0.25) is 0 Å². The van der Waals surface area contributed by atoms with Crippen LogP contribution in [-0.2, 0) is 10.2 Å². The number of anilines is 1. The molecule has 0 aliphatic carbocycles. The predicted molar refractivity (Wildman–Crippen MR) is 68.4 cm³/mol. The van der Waals surface area contributed by atoms with Crippen molar-refractivity contribution in [3.63, 3.8) is 0 Å². The van der Waals surface area contributed by atoms with E-state index in [0.29, 0.717) is 12.2 Å². The Bertz CT molecular complexity index is 391. The van der Waals surface area contributed by atoms with Gasteiger partial charge in [0, 0.05) is 25.7 Å². The molecule has 4 heterocycles. The highest BCUT2D eigenvalue weighted by molar-refractivity contribution is 5.42. The lowest BCUT2D eigenvalue weighted by Crippen LogP contribution is -2.57. The average Bonchev–Trinajstić information content (AvgIpc) is 2.27. The molecule has 2 atom stereocenters. The highest BCUT2D eigenvalue weighted by Crippen LogP contribution is 2.31. The van der Waals surface area contributed by atoms with E-state index in [2.05, 4.69) is 42.8 Å². The molecule has 3 aliphatic rings. The molecular weight excluding hydrogens is 212 g/mol. The second-order valence-corrected chi connectivity index (χ2v) is 6.18. The Hall–Kier alpha value is -1.09. The van der Waals surface area contributed by atoms with Gasteiger partial charge in [-0.15, -0.1) is 0 Å². The largest absolute Gasteiger partial charge is 0.371 e. The van der Waals surface area contributed by atoms with Crippen LogP contribution in [-0.4, -0.2) is 30.3 Å². The number of rotatable bonds is 1. The molecule has 4 rings (SSSR count). The molecule has 3 fully saturated rings. The maximum absolute atomic E-state index is 5.64. The number of pyridine rings is 1. The van der Waals surface area contributed by atoms with Gasteiger partial charge in [-0.25, -0.2) is 4.98 Å². The summed E-state index contributed by atoms with van der Waals surface area (Å²) in [5.74, 6) is 1.09. The van der Waals surface area contributed by atoms with E-state index >= 15 is 0 Å². The minimum Gasteiger partial charge on any atom is -0.371 e. The molecule has 2 bridgehead atoms. The van der Waals surface area contributed by atoms with E-state index < -0.39 is 0 Å². The molecule has 0 radical (unpaired) electrons. The van der Waals surface area contributed by atoms with Crippen LogP contribution in [0, 0.1) is 0 Å². The van der Waals surface area contributed by atoms with Crippen molar-refractivity contribution in [3.05, 3.63) is 23.9 Å². The second-order valence-electron chi connectivity index (χ2n) is 6.18. The van der Waals surface area contributed by atoms with Crippen LogP contribution in [0.5, 0.6) is 0 Å². The van der Waals surface area contributed by atoms with Crippen molar-refractivity contribution >= 4 is 5.82 Å². The van der Waals surface area contributed by atoms with Gasteiger partial charge >= 0.3 is 0 Å². The number of hydrogen-bond acceptors (Lipinski definition) is 3. The minimum atomic E-state index is 0.179. The maximum atomic E-state index is 5.64. The van der Waals surface area contributed by atoms with E-state index in [1.54, 1.807) is 0 Å². The van der Waals surface area contributed by atoms with Gasteiger partial charge in [0.2, 0.25) is 0 Å². The van der Waals surface area contributed by atoms with Crippen molar-refractivity contribution in [2.24, 2.45) is 0 Å². The van der Waals surface area contributed by atoms with Crippen molar-refractivity contribution in [2.75, 3.05) is 18.0 Å². The summed E-state index contributed by atoms with van der Waals surface area (Å²) < 4.78 is 5.64. The molecule has 1 aromatic heterocycles. The fourth-order valence-corrected chi connectivity index (χ4v) is 2.56. The Morgan fingerprint density at radius 2 is 1.88 bits per heavy atom. The van der Waals surface area contributed by atoms with E-state index in [1.165, 1.54) is 12.0 Å². The summed E-state index contributed by atoms with van der Waals surface area (Å²) >= 11 is 0. The zero-order valence-electron chi connectivity index (χ0n) is 10.8. The summed E-state index contributed by atoms with van der Waals surface area (Å²) in [5, 5.41) is 0. The quantitative estimate of drug-likeness (QED) is 0.743.